The summed E-state index contributed by atoms with van der Waals surface area (Å²) in [4.78, 5) is 18.2. The van der Waals surface area contributed by atoms with Gasteiger partial charge in [0.1, 0.15) is 0 Å². The molecule has 1 aliphatic rings. The van der Waals surface area contributed by atoms with Crippen molar-refractivity contribution in [3.63, 3.8) is 0 Å². The molecule has 2 rings (SSSR count). The zero-order valence-corrected chi connectivity index (χ0v) is 13.2. The predicted molar refractivity (Wildman–Crippen MR) is 84.4 cm³/mol. The van der Waals surface area contributed by atoms with Crippen molar-refractivity contribution in [2.24, 2.45) is 5.73 Å². The molecule has 1 aromatic rings. The lowest BCUT2D eigenvalue weighted by Gasteiger charge is -2.35. The summed E-state index contributed by atoms with van der Waals surface area (Å²) in [6.45, 7) is 2.27. The molecule has 2 heterocycles. The fourth-order valence-electron chi connectivity index (χ4n) is 2.61. The first-order chi connectivity index (χ1) is 8.81. The van der Waals surface area contributed by atoms with Gasteiger partial charge < -0.3 is 15.2 Å². The number of amides is 1. The van der Waals surface area contributed by atoms with Gasteiger partial charge in [-0.1, -0.05) is 0 Å². The average Bonchev–Trinajstić information content (AvgIpc) is 2.90. The van der Waals surface area contributed by atoms with Crippen molar-refractivity contribution in [3.8, 4) is 0 Å². The Bertz CT molecular complexity index is 370. The first-order valence-electron chi connectivity index (χ1n) is 6.76. The summed E-state index contributed by atoms with van der Waals surface area (Å²) < 4.78 is 1.94. The number of carbonyl (C=O) groups is 1. The maximum Gasteiger partial charge on any atom is 0.224 e. The summed E-state index contributed by atoms with van der Waals surface area (Å²) in [6, 6.07) is 0.360. The first-order valence-corrected chi connectivity index (χ1v) is 6.76. The molecule has 20 heavy (non-hydrogen) atoms. The lowest BCUT2D eigenvalue weighted by molar-refractivity contribution is -0.135. The third-order valence-electron chi connectivity index (χ3n) is 3.59. The highest BCUT2D eigenvalue weighted by molar-refractivity contribution is 5.85. The SMILES string of the molecule is Cl.Cl.NCCC1CCCCN1C(=O)CCn1ccnc1. The van der Waals surface area contributed by atoms with Gasteiger partial charge >= 0.3 is 0 Å². The van der Waals surface area contributed by atoms with Crippen molar-refractivity contribution in [1.82, 2.24) is 14.5 Å². The minimum atomic E-state index is 0. The number of halogens is 2. The van der Waals surface area contributed by atoms with Gasteiger partial charge in [0, 0.05) is 37.9 Å². The van der Waals surface area contributed by atoms with E-state index >= 15 is 0 Å². The fourth-order valence-corrected chi connectivity index (χ4v) is 2.61. The van der Waals surface area contributed by atoms with Crippen LogP contribution in [0.3, 0.4) is 0 Å². The Hall–Kier alpha value is -0.780. The minimum Gasteiger partial charge on any atom is -0.340 e. The number of hydrogen-bond donors (Lipinski definition) is 1. The summed E-state index contributed by atoms with van der Waals surface area (Å²) in [5, 5.41) is 0. The number of piperidine rings is 1. The van der Waals surface area contributed by atoms with E-state index in [9.17, 15) is 4.79 Å². The molecule has 0 aliphatic carbocycles. The number of aryl methyl sites for hydroxylation is 1. The van der Waals surface area contributed by atoms with Crippen molar-refractivity contribution in [3.05, 3.63) is 18.7 Å². The number of carbonyl (C=O) groups excluding carboxylic acids is 1. The molecule has 1 saturated heterocycles. The quantitative estimate of drug-likeness (QED) is 0.899. The number of aromatic nitrogens is 2. The number of hydrogen-bond acceptors (Lipinski definition) is 3. The van der Waals surface area contributed by atoms with E-state index in [4.69, 9.17) is 5.73 Å². The van der Waals surface area contributed by atoms with Crippen LogP contribution in [0.25, 0.3) is 0 Å². The average molecular weight is 323 g/mol. The monoisotopic (exact) mass is 322 g/mol. The molecule has 116 valence electrons. The molecule has 0 radical (unpaired) electrons. The topological polar surface area (TPSA) is 64.2 Å². The smallest absolute Gasteiger partial charge is 0.224 e. The van der Waals surface area contributed by atoms with Crippen LogP contribution in [-0.2, 0) is 11.3 Å². The van der Waals surface area contributed by atoms with Crippen molar-refractivity contribution in [2.75, 3.05) is 13.1 Å². The van der Waals surface area contributed by atoms with Gasteiger partial charge in [0.15, 0.2) is 0 Å². The van der Waals surface area contributed by atoms with Crippen molar-refractivity contribution in [2.45, 2.75) is 44.7 Å². The summed E-state index contributed by atoms with van der Waals surface area (Å²) in [5.41, 5.74) is 5.62. The first kappa shape index (κ1) is 19.2. The lowest BCUT2D eigenvalue weighted by atomic mass is 9.99. The summed E-state index contributed by atoms with van der Waals surface area (Å²) in [5.74, 6) is 0.252. The van der Waals surface area contributed by atoms with Crippen LogP contribution in [0, 0.1) is 0 Å². The predicted octanol–water partition coefficient (Wildman–Crippen LogP) is 1.85. The molecular formula is C13H24Cl2N4O. The van der Waals surface area contributed by atoms with E-state index in [0.717, 1.165) is 25.8 Å². The Morgan fingerprint density at radius 3 is 2.80 bits per heavy atom. The molecule has 0 bridgehead atoms. The second-order valence-corrected chi connectivity index (χ2v) is 4.86. The van der Waals surface area contributed by atoms with Crippen LogP contribution in [0.1, 0.15) is 32.1 Å². The van der Waals surface area contributed by atoms with E-state index < -0.39 is 0 Å². The van der Waals surface area contributed by atoms with E-state index in [0.29, 0.717) is 25.6 Å². The van der Waals surface area contributed by atoms with Gasteiger partial charge in [0.05, 0.1) is 6.33 Å². The Morgan fingerprint density at radius 2 is 2.15 bits per heavy atom. The third-order valence-corrected chi connectivity index (χ3v) is 3.59. The Kier molecular flexibility index (Phi) is 9.63. The molecular weight excluding hydrogens is 299 g/mol. The Balaban J connectivity index is 0.00000180. The van der Waals surface area contributed by atoms with E-state index in [1.54, 1.807) is 12.5 Å². The van der Waals surface area contributed by atoms with Gasteiger partial charge in [-0.15, -0.1) is 24.8 Å². The third kappa shape index (κ3) is 5.31. The molecule has 1 aromatic heterocycles. The maximum atomic E-state index is 12.2. The second kappa shape index (κ2) is 10.0. The van der Waals surface area contributed by atoms with Crippen molar-refractivity contribution in [1.29, 1.82) is 0 Å². The molecule has 2 N–H and O–H groups in total. The van der Waals surface area contributed by atoms with Gasteiger partial charge in [0.25, 0.3) is 0 Å². The Labute approximate surface area is 132 Å². The summed E-state index contributed by atoms with van der Waals surface area (Å²) in [7, 11) is 0. The van der Waals surface area contributed by atoms with Gasteiger partial charge in [-0.3, -0.25) is 4.79 Å². The van der Waals surface area contributed by atoms with Crippen LogP contribution >= 0.6 is 24.8 Å². The molecule has 1 fully saturated rings. The van der Waals surface area contributed by atoms with Gasteiger partial charge in [-0.05, 0) is 32.2 Å². The number of nitrogens with two attached hydrogens (primary N) is 1. The molecule has 1 aliphatic heterocycles. The highest BCUT2D eigenvalue weighted by atomic mass is 35.5. The molecule has 0 aromatic carbocycles. The second-order valence-electron chi connectivity index (χ2n) is 4.86. The summed E-state index contributed by atoms with van der Waals surface area (Å²) >= 11 is 0. The number of rotatable bonds is 5. The minimum absolute atomic E-state index is 0. The maximum absolute atomic E-state index is 12.2. The van der Waals surface area contributed by atoms with Crippen molar-refractivity contribution >= 4 is 30.7 Å². The Morgan fingerprint density at radius 1 is 1.35 bits per heavy atom. The van der Waals surface area contributed by atoms with Crippen LogP contribution in [0.4, 0.5) is 0 Å². The van der Waals surface area contributed by atoms with Gasteiger partial charge in [-0.25, -0.2) is 4.98 Å². The largest absolute Gasteiger partial charge is 0.340 e. The molecule has 0 saturated carbocycles. The van der Waals surface area contributed by atoms with Gasteiger partial charge in [-0.2, -0.15) is 0 Å². The molecule has 1 atom stereocenters. The highest BCUT2D eigenvalue weighted by Crippen LogP contribution is 2.20. The molecule has 1 amide bonds. The van der Waals surface area contributed by atoms with E-state index in [2.05, 4.69) is 4.98 Å². The molecule has 5 nitrogen and oxygen atoms in total. The number of likely N-dealkylation sites (tertiary alicyclic amines) is 1. The van der Waals surface area contributed by atoms with E-state index in [1.165, 1.54) is 6.42 Å². The van der Waals surface area contributed by atoms with Crippen LogP contribution in [0.2, 0.25) is 0 Å². The highest BCUT2D eigenvalue weighted by Gasteiger charge is 2.25. The van der Waals surface area contributed by atoms with Crippen LogP contribution in [-0.4, -0.2) is 39.5 Å². The number of imidazole rings is 1. The normalized spacial score (nSPS) is 18.1. The van der Waals surface area contributed by atoms with Gasteiger partial charge in [0.2, 0.25) is 5.91 Å². The zero-order chi connectivity index (χ0) is 12.8. The van der Waals surface area contributed by atoms with Crippen LogP contribution < -0.4 is 5.73 Å². The lowest BCUT2D eigenvalue weighted by Crippen LogP contribution is -2.44. The van der Waals surface area contributed by atoms with E-state index in [1.807, 2.05) is 15.7 Å². The fraction of sp³-hybridized carbons (Fsp3) is 0.692. The van der Waals surface area contributed by atoms with Crippen molar-refractivity contribution < 1.29 is 4.79 Å². The zero-order valence-electron chi connectivity index (χ0n) is 11.6. The van der Waals surface area contributed by atoms with E-state index in [-0.39, 0.29) is 30.7 Å². The molecule has 0 spiro atoms. The number of nitrogens with zero attached hydrogens (tertiary/aromatic N) is 3. The standard InChI is InChI=1S/C13H22N4O.2ClH/c14-6-4-12-3-1-2-8-17(12)13(18)5-9-16-10-7-15-11-16;;/h7,10-12H,1-6,8-9,14H2;2*1H. The molecule has 1 unspecified atom stereocenters. The molecule has 7 heteroatoms. The van der Waals surface area contributed by atoms with Crippen LogP contribution in [0.5, 0.6) is 0 Å². The summed E-state index contributed by atoms with van der Waals surface area (Å²) in [6.07, 6.45) is 10.3. The van der Waals surface area contributed by atoms with Crippen LogP contribution in [0.15, 0.2) is 18.7 Å².